The molecule has 6 heteroatoms. The Morgan fingerprint density at radius 2 is 1.89 bits per heavy atom. The van der Waals surface area contributed by atoms with E-state index in [-0.39, 0.29) is 11.8 Å². The Hall–Kier alpha value is -0.910. The average Bonchev–Trinajstić information content (AvgIpc) is 2.61. The highest BCUT2D eigenvalue weighted by Gasteiger charge is 2.44. The largest absolute Gasteiger partial charge is 0.338 e. The highest BCUT2D eigenvalue weighted by atomic mass is 32.2. The average molecular weight is 275 g/mol. The van der Waals surface area contributed by atoms with Crippen molar-refractivity contribution in [3.63, 3.8) is 0 Å². The molecule has 1 aliphatic rings. The van der Waals surface area contributed by atoms with Gasteiger partial charge in [0.05, 0.1) is 0 Å². The van der Waals surface area contributed by atoms with Crippen LogP contribution in [0.2, 0.25) is 0 Å². The summed E-state index contributed by atoms with van der Waals surface area (Å²) in [6.45, 7) is 4.88. The van der Waals surface area contributed by atoms with E-state index in [1.54, 1.807) is 4.90 Å². The Bertz CT molecular complexity index is 453. The Kier molecular flexibility index (Phi) is 4.20. The number of amides is 1. The van der Waals surface area contributed by atoms with Crippen molar-refractivity contribution >= 4 is 21.5 Å². The summed E-state index contributed by atoms with van der Waals surface area (Å²) < 4.78 is 21.9. The third-order valence-electron chi connectivity index (χ3n) is 3.60. The Balaban J connectivity index is 2.93. The molecule has 1 saturated heterocycles. The van der Waals surface area contributed by atoms with Gasteiger partial charge in [-0.3, -0.25) is 9.59 Å². The molecule has 1 atom stereocenters. The number of sulfone groups is 1. The molecule has 1 unspecified atom stereocenters. The Labute approximate surface area is 108 Å². The molecule has 104 valence electrons. The smallest absolute Gasteiger partial charge is 0.243 e. The molecule has 1 fully saturated rings. The third kappa shape index (κ3) is 2.91. The van der Waals surface area contributed by atoms with Gasteiger partial charge in [0.15, 0.2) is 9.84 Å². The molecule has 1 amide bonds. The predicted molar refractivity (Wildman–Crippen MR) is 69.0 cm³/mol. The van der Waals surface area contributed by atoms with Gasteiger partial charge in [0.1, 0.15) is 10.5 Å². The zero-order valence-electron chi connectivity index (χ0n) is 11.4. The summed E-state index contributed by atoms with van der Waals surface area (Å²) in [4.78, 5) is 25.1. The van der Waals surface area contributed by atoms with Crippen LogP contribution in [-0.2, 0) is 19.4 Å². The van der Waals surface area contributed by atoms with Crippen LogP contribution >= 0.6 is 0 Å². The minimum absolute atomic E-state index is 0.0249. The topological polar surface area (TPSA) is 71.5 Å². The summed E-state index contributed by atoms with van der Waals surface area (Å²) >= 11 is 0. The van der Waals surface area contributed by atoms with E-state index < -0.39 is 20.5 Å². The first kappa shape index (κ1) is 15.1. The first-order valence-electron chi connectivity index (χ1n) is 6.07. The summed E-state index contributed by atoms with van der Waals surface area (Å²) in [5.74, 6) is -0.370. The van der Waals surface area contributed by atoms with E-state index in [0.29, 0.717) is 13.0 Å². The second-order valence-corrected chi connectivity index (χ2v) is 8.05. The lowest BCUT2D eigenvalue weighted by Crippen LogP contribution is -2.51. The Morgan fingerprint density at radius 3 is 2.33 bits per heavy atom. The van der Waals surface area contributed by atoms with Gasteiger partial charge in [-0.05, 0) is 33.6 Å². The fraction of sp³-hybridized carbons (Fsp3) is 0.833. The third-order valence-corrected chi connectivity index (χ3v) is 5.63. The summed E-state index contributed by atoms with van der Waals surface area (Å²) in [5.41, 5.74) is 0. The summed E-state index contributed by atoms with van der Waals surface area (Å²) in [6, 6.07) is -0.143. The Morgan fingerprint density at radius 1 is 1.33 bits per heavy atom. The molecule has 0 spiro atoms. The van der Waals surface area contributed by atoms with Crippen LogP contribution in [0.15, 0.2) is 0 Å². The van der Waals surface area contributed by atoms with Crippen LogP contribution < -0.4 is 0 Å². The second-order valence-electron chi connectivity index (χ2n) is 5.48. The molecule has 0 aromatic heterocycles. The maximum atomic E-state index is 12.3. The van der Waals surface area contributed by atoms with E-state index in [9.17, 15) is 18.0 Å². The van der Waals surface area contributed by atoms with E-state index >= 15 is 0 Å². The minimum Gasteiger partial charge on any atom is -0.338 e. The van der Waals surface area contributed by atoms with Crippen LogP contribution in [0.25, 0.3) is 0 Å². The molecule has 18 heavy (non-hydrogen) atoms. The summed E-state index contributed by atoms with van der Waals surface area (Å²) in [5, 5.41) is 0. The SMILES string of the molecule is CC(=O)CC1CCCN1C(=O)C(C)(C)S(C)(=O)=O. The van der Waals surface area contributed by atoms with Gasteiger partial charge >= 0.3 is 0 Å². The van der Waals surface area contributed by atoms with Crippen molar-refractivity contribution in [2.45, 2.75) is 50.8 Å². The predicted octanol–water partition coefficient (Wildman–Crippen LogP) is 0.780. The van der Waals surface area contributed by atoms with Gasteiger partial charge in [-0.25, -0.2) is 8.42 Å². The van der Waals surface area contributed by atoms with Crippen molar-refractivity contribution in [2.24, 2.45) is 0 Å². The van der Waals surface area contributed by atoms with Crippen LogP contribution in [0.4, 0.5) is 0 Å². The maximum Gasteiger partial charge on any atom is 0.243 e. The van der Waals surface area contributed by atoms with E-state index in [0.717, 1.165) is 19.1 Å². The van der Waals surface area contributed by atoms with Crippen molar-refractivity contribution < 1.29 is 18.0 Å². The quantitative estimate of drug-likeness (QED) is 0.760. The van der Waals surface area contributed by atoms with E-state index in [2.05, 4.69) is 0 Å². The highest BCUT2D eigenvalue weighted by Crippen LogP contribution is 2.27. The first-order valence-corrected chi connectivity index (χ1v) is 7.96. The summed E-state index contributed by atoms with van der Waals surface area (Å²) in [6.07, 6.45) is 2.97. The zero-order valence-corrected chi connectivity index (χ0v) is 12.2. The molecular formula is C12H21NO4S. The highest BCUT2D eigenvalue weighted by molar-refractivity contribution is 7.92. The number of rotatable bonds is 4. The lowest BCUT2D eigenvalue weighted by molar-refractivity contribution is -0.134. The molecule has 1 aliphatic heterocycles. The molecule has 0 N–H and O–H groups in total. The van der Waals surface area contributed by atoms with E-state index in [1.165, 1.54) is 20.8 Å². The monoisotopic (exact) mass is 275 g/mol. The molecular weight excluding hydrogens is 254 g/mol. The molecule has 0 aliphatic carbocycles. The molecule has 0 radical (unpaired) electrons. The molecule has 0 aromatic carbocycles. The van der Waals surface area contributed by atoms with Gasteiger partial charge in [-0.15, -0.1) is 0 Å². The van der Waals surface area contributed by atoms with Gasteiger partial charge in [0.2, 0.25) is 5.91 Å². The van der Waals surface area contributed by atoms with Crippen molar-refractivity contribution in [3.8, 4) is 0 Å². The number of carbonyl (C=O) groups excluding carboxylic acids is 2. The number of hydrogen-bond donors (Lipinski definition) is 0. The van der Waals surface area contributed by atoms with Crippen LogP contribution in [-0.4, -0.2) is 48.6 Å². The van der Waals surface area contributed by atoms with Crippen molar-refractivity contribution in [3.05, 3.63) is 0 Å². The number of hydrogen-bond acceptors (Lipinski definition) is 4. The van der Waals surface area contributed by atoms with Gasteiger partial charge in [-0.2, -0.15) is 0 Å². The van der Waals surface area contributed by atoms with Crippen LogP contribution in [0.5, 0.6) is 0 Å². The van der Waals surface area contributed by atoms with Crippen molar-refractivity contribution in [2.75, 3.05) is 12.8 Å². The maximum absolute atomic E-state index is 12.3. The van der Waals surface area contributed by atoms with Crippen LogP contribution in [0.1, 0.15) is 40.0 Å². The molecule has 5 nitrogen and oxygen atoms in total. The van der Waals surface area contributed by atoms with Gasteiger partial charge < -0.3 is 4.90 Å². The number of Topliss-reactive ketones (excluding diaryl/α,β-unsaturated/α-hetero) is 1. The van der Waals surface area contributed by atoms with Gasteiger partial charge in [0.25, 0.3) is 0 Å². The van der Waals surface area contributed by atoms with Crippen LogP contribution in [0, 0.1) is 0 Å². The zero-order chi connectivity index (χ0) is 14.1. The lowest BCUT2D eigenvalue weighted by Gasteiger charge is -2.31. The number of likely N-dealkylation sites (tertiary alicyclic amines) is 1. The van der Waals surface area contributed by atoms with E-state index in [4.69, 9.17) is 0 Å². The molecule has 1 rings (SSSR count). The lowest BCUT2D eigenvalue weighted by atomic mass is 10.1. The van der Waals surface area contributed by atoms with Gasteiger partial charge in [-0.1, -0.05) is 0 Å². The van der Waals surface area contributed by atoms with Crippen molar-refractivity contribution in [1.29, 1.82) is 0 Å². The fourth-order valence-corrected chi connectivity index (χ4v) is 2.59. The molecule has 1 heterocycles. The van der Waals surface area contributed by atoms with Gasteiger partial charge in [0, 0.05) is 25.3 Å². The van der Waals surface area contributed by atoms with Crippen LogP contribution in [0.3, 0.4) is 0 Å². The summed E-state index contributed by atoms with van der Waals surface area (Å²) in [7, 11) is -3.47. The number of ketones is 1. The molecule has 0 bridgehead atoms. The minimum atomic E-state index is -3.47. The standard InChI is InChI=1S/C12H21NO4S/c1-9(14)8-10-6-5-7-13(10)11(15)12(2,3)18(4,16)17/h10H,5-8H2,1-4H3. The normalized spacial score (nSPS) is 21.1. The first-order chi connectivity index (χ1) is 8.07. The molecule has 0 aromatic rings. The van der Waals surface area contributed by atoms with Crippen molar-refractivity contribution in [1.82, 2.24) is 4.90 Å². The fourth-order valence-electron chi connectivity index (χ4n) is 2.15. The number of nitrogens with zero attached hydrogens (tertiary/aromatic N) is 1. The van der Waals surface area contributed by atoms with E-state index in [1.807, 2.05) is 0 Å². The second kappa shape index (κ2) is 4.99. The number of carbonyl (C=O) groups is 2. The molecule has 0 saturated carbocycles.